The first kappa shape index (κ1) is 21.4. The highest BCUT2D eigenvalue weighted by Gasteiger charge is 2.46. The highest BCUT2D eigenvalue weighted by molar-refractivity contribution is 8.00. The molecule has 2 aromatic carbocycles. The summed E-state index contributed by atoms with van der Waals surface area (Å²) in [7, 11) is 0. The minimum atomic E-state index is -4.47. The van der Waals surface area contributed by atoms with Crippen LogP contribution < -0.4 is 10.0 Å². The second-order valence-electron chi connectivity index (χ2n) is 8.02. The zero-order valence-corrected chi connectivity index (χ0v) is 18.1. The molecule has 0 unspecified atom stereocenters. The standard InChI is InChI=1S/C22H23F3N2OS2/c1-29-16-3-5-17(6-4-16)30-27-19-12-15(22(23,24)25)2-7-18(19)20(28)26-21-10-8-14(13-21)9-11-21/h2-7,12,14,27H,8-11,13H2,1H3,(H,26,28). The van der Waals surface area contributed by atoms with Crippen LogP contribution in [0.4, 0.5) is 18.9 Å². The van der Waals surface area contributed by atoms with Gasteiger partial charge in [-0.1, -0.05) is 0 Å². The molecule has 2 aliphatic carbocycles. The van der Waals surface area contributed by atoms with Crippen molar-refractivity contribution in [2.45, 2.75) is 53.6 Å². The molecule has 4 rings (SSSR count). The minimum Gasteiger partial charge on any atom is -0.347 e. The predicted octanol–water partition coefficient (Wildman–Crippen LogP) is 6.61. The highest BCUT2D eigenvalue weighted by atomic mass is 32.2. The van der Waals surface area contributed by atoms with Gasteiger partial charge in [-0.25, -0.2) is 0 Å². The smallest absolute Gasteiger partial charge is 0.347 e. The molecule has 0 radical (unpaired) electrons. The summed E-state index contributed by atoms with van der Waals surface area (Å²) in [5.74, 6) is 0.349. The Morgan fingerprint density at radius 1 is 1.07 bits per heavy atom. The Balaban J connectivity index is 1.56. The third-order valence-corrected chi connectivity index (χ3v) is 7.62. The molecule has 0 aromatic heterocycles. The lowest BCUT2D eigenvalue weighted by molar-refractivity contribution is -0.137. The number of hydrogen-bond donors (Lipinski definition) is 2. The summed E-state index contributed by atoms with van der Waals surface area (Å²) in [6.45, 7) is 0. The van der Waals surface area contributed by atoms with Crippen LogP contribution in [0, 0.1) is 5.92 Å². The Hall–Kier alpha value is -1.80. The molecule has 2 N–H and O–H groups in total. The number of carbonyl (C=O) groups excluding carboxylic acids is 1. The molecule has 0 saturated heterocycles. The number of amides is 1. The number of benzene rings is 2. The van der Waals surface area contributed by atoms with E-state index < -0.39 is 11.7 Å². The van der Waals surface area contributed by atoms with Gasteiger partial charge in [0.1, 0.15) is 0 Å². The molecule has 0 aliphatic heterocycles. The Bertz CT molecular complexity index is 923. The van der Waals surface area contributed by atoms with E-state index in [1.165, 1.54) is 18.0 Å². The number of hydrogen-bond acceptors (Lipinski definition) is 4. The second kappa shape index (κ2) is 8.38. The summed E-state index contributed by atoms with van der Waals surface area (Å²) in [5, 5.41) is 3.14. The lowest BCUT2D eigenvalue weighted by atomic mass is 9.93. The summed E-state index contributed by atoms with van der Waals surface area (Å²) in [5.41, 5.74) is -0.561. The largest absolute Gasteiger partial charge is 0.416 e. The van der Waals surface area contributed by atoms with Gasteiger partial charge in [0, 0.05) is 15.3 Å². The molecule has 160 valence electrons. The maximum Gasteiger partial charge on any atom is 0.416 e. The molecule has 3 nitrogen and oxygen atoms in total. The van der Waals surface area contributed by atoms with Gasteiger partial charge in [0.2, 0.25) is 0 Å². The van der Waals surface area contributed by atoms with Crippen LogP contribution in [-0.4, -0.2) is 17.7 Å². The average Bonchev–Trinajstić information content (AvgIpc) is 3.32. The van der Waals surface area contributed by atoms with Crippen LogP contribution >= 0.6 is 23.7 Å². The fraction of sp³-hybridized carbons (Fsp3) is 0.409. The Morgan fingerprint density at radius 2 is 1.73 bits per heavy atom. The number of rotatable bonds is 6. The molecule has 0 heterocycles. The molecule has 0 atom stereocenters. The van der Waals surface area contributed by atoms with E-state index in [2.05, 4.69) is 10.0 Å². The van der Waals surface area contributed by atoms with Gasteiger partial charge in [-0.3, -0.25) is 4.79 Å². The molecule has 0 spiro atoms. The molecule has 30 heavy (non-hydrogen) atoms. The number of anilines is 1. The summed E-state index contributed by atoms with van der Waals surface area (Å²) >= 11 is 2.81. The van der Waals surface area contributed by atoms with Crippen molar-refractivity contribution in [3.8, 4) is 0 Å². The lowest BCUT2D eigenvalue weighted by Gasteiger charge is -2.28. The number of alkyl halides is 3. The Morgan fingerprint density at radius 3 is 2.30 bits per heavy atom. The van der Waals surface area contributed by atoms with Crippen molar-refractivity contribution in [1.29, 1.82) is 0 Å². The van der Waals surface area contributed by atoms with Crippen LogP contribution in [0.1, 0.15) is 48.0 Å². The van der Waals surface area contributed by atoms with E-state index in [0.717, 1.165) is 54.0 Å². The van der Waals surface area contributed by atoms with Crippen molar-refractivity contribution >= 4 is 35.3 Å². The van der Waals surface area contributed by atoms with Crippen molar-refractivity contribution in [3.63, 3.8) is 0 Å². The van der Waals surface area contributed by atoms with E-state index in [-0.39, 0.29) is 22.7 Å². The Kier molecular flexibility index (Phi) is 5.99. The van der Waals surface area contributed by atoms with Crippen molar-refractivity contribution in [2.24, 2.45) is 5.92 Å². The van der Waals surface area contributed by atoms with E-state index in [1.807, 2.05) is 30.5 Å². The third kappa shape index (κ3) is 4.59. The molecule has 2 saturated carbocycles. The maximum absolute atomic E-state index is 13.3. The van der Waals surface area contributed by atoms with Crippen LogP contribution in [0.2, 0.25) is 0 Å². The molecule has 2 aliphatic rings. The summed E-state index contributed by atoms with van der Waals surface area (Å²) in [4.78, 5) is 15.0. The van der Waals surface area contributed by atoms with Crippen molar-refractivity contribution in [2.75, 3.05) is 11.0 Å². The third-order valence-electron chi connectivity index (χ3n) is 6.05. The zero-order chi connectivity index (χ0) is 21.4. The maximum atomic E-state index is 13.3. The van der Waals surface area contributed by atoms with E-state index in [1.54, 1.807) is 11.8 Å². The lowest BCUT2D eigenvalue weighted by Crippen LogP contribution is -2.45. The monoisotopic (exact) mass is 452 g/mol. The topological polar surface area (TPSA) is 41.1 Å². The first-order valence-corrected chi connectivity index (χ1v) is 11.9. The summed E-state index contributed by atoms with van der Waals surface area (Å²) < 4.78 is 42.8. The normalized spacial score (nSPS) is 22.9. The number of halogens is 3. The van der Waals surface area contributed by atoms with E-state index in [9.17, 15) is 18.0 Å². The fourth-order valence-electron chi connectivity index (χ4n) is 4.44. The van der Waals surface area contributed by atoms with Gasteiger partial charge in [-0.15, -0.1) is 11.8 Å². The predicted molar refractivity (Wildman–Crippen MR) is 116 cm³/mol. The second-order valence-corrected chi connectivity index (χ2v) is 9.78. The first-order chi connectivity index (χ1) is 14.3. The number of fused-ring (bicyclic) bond motifs is 2. The highest BCUT2D eigenvalue weighted by Crippen LogP contribution is 2.47. The van der Waals surface area contributed by atoms with Crippen LogP contribution in [0.3, 0.4) is 0 Å². The minimum absolute atomic E-state index is 0.171. The van der Waals surface area contributed by atoms with Gasteiger partial charge >= 0.3 is 6.18 Å². The summed E-state index contributed by atoms with van der Waals surface area (Å²) in [6, 6.07) is 11.0. The molecule has 2 aromatic rings. The van der Waals surface area contributed by atoms with Gasteiger partial charge < -0.3 is 10.0 Å². The van der Waals surface area contributed by atoms with Gasteiger partial charge in [-0.2, -0.15) is 13.2 Å². The van der Waals surface area contributed by atoms with Gasteiger partial charge in [0.15, 0.2) is 0 Å². The first-order valence-electron chi connectivity index (χ1n) is 9.89. The van der Waals surface area contributed by atoms with Crippen molar-refractivity contribution in [1.82, 2.24) is 5.32 Å². The van der Waals surface area contributed by atoms with Gasteiger partial charge in [-0.05, 0) is 98.7 Å². The van der Waals surface area contributed by atoms with Crippen molar-refractivity contribution in [3.05, 3.63) is 53.6 Å². The van der Waals surface area contributed by atoms with E-state index in [4.69, 9.17) is 0 Å². The Labute approximate surface area is 182 Å². The zero-order valence-electron chi connectivity index (χ0n) is 16.5. The van der Waals surface area contributed by atoms with Crippen LogP contribution in [0.5, 0.6) is 0 Å². The molecule has 2 fully saturated rings. The number of carbonyl (C=O) groups is 1. The number of thioether (sulfide) groups is 1. The van der Waals surface area contributed by atoms with Gasteiger partial charge in [0.25, 0.3) is 5.91 Å². The average molecular weight is 453 g/mol. The molecule has 1 amide bonds. The quantitative estimate of drug-likeness (QED) is 0.382. The van der Waals surface area contributed by atoms with Crippen molar-refractivity contribution < 1.29 is 18.0 Å². The molecular weight excluding hydrogens is 429 g/mol. The molecular formula is C22H23F3N2OS2. The number of nitrogens with one attached hydrogen (secondary N) is 2. The van der Waals surface area contributed by atoms with Crippen LogP contribution in [-0.2, 0) is 6.18 Å². The summed E-state index contributed by atoms with van der Waals surface area (Å²) in [6.07, 6.45) is 2.59. The SMILES string of the molecule is CSc1ccc(SNc2cc(C(F)(F)F)ccc2C(=O)NC23CCC(CC2)C3)cc1. The fourth-order valence-corrected chi connectivity index (χ4v) is 5.51. The van der Waals surface area contributed by atoms with Crippen LogP contribution in [0.25, 0.3) is 0 Å². The molecule has 2 bridgehead atoms. The van der Waals surface area contributed by atoms with E-state index >= 15 is 0 Å². The molecule has 8 heteroatoms. The van der Waals surface area contributed by atoms with E-state index in [0.29, 0.717) is 5.92 Å². The van der Waals surface area contributed by atoms with Crippen LogP contribution in [0.15, 0.2) is 52.3 Å². The van der Waals surface area contributed by atoms with Gasteiger partial charge in [0.05, 0.1) is 16.8 Å².